The van der Waals surface area contributed by atoms with Crippen molar-refractivity contribution < 1.29 is 28.7 Å². The van der Waals surface area contributed by atoms with Crippen LogP contribution in [0.25, 0.3) is 6.08 Å². The number of hydrogen-bond acceptors (Lipinski definition) is 7. The number of rotatable bonds is 13. The Labute approximate surface area is 231 Å². The second kappa shape index (κ2) is 15.1. The lowest BCUT2D eigenvalue weighted by molar-refractivity contribution is -0.145. The van der Waals surface area contributed by atoms with Gasteiger partial charge in [-0.2, -0.15) is 0 Å². The molecule has 2 N–H and O–H groups in total. The molecule has 3 rings (SSSR count). The van der Waals surface area contributed by atoms with E-state index in [-0.39, 0.29) is 30.3 Å². The second-order valence-electron chi connectivity index (χ2n) is 8.14. The minimum Gasteiger partial charge on any atom is -0.493 e. The van der Waals surface area contributed by atoms with Crippen molar-refractivity contribution in [2.24, 2.45) is 0 Å². The van der Waals surface area contributed by atoms with E-state index < -0.39 is 17.8 Å². The third kappa shape index (κ3) is 9.46. The molecule has 3 aromatic rings. The quantitative estimate of drug-likeness (QED) is 0.133. The van der Waals surface area contributed by atoms with E-state index in [4.69, 9.17) is 9.47 Å². The van der Waals surface area contributed by atoms with Crippen LogP contribution in [0.15, 0.2) is 89.5 Å². The van der Waals surface area contributed by atoms with Crippen LogP contribution < -0.4 is 15.4 Å². The molecule has 0 aliphatic heterocycles. The van der Waals surface area contributed by atoms with Gasteiger partial charge in [-0.05, 0) is 56.3 Å². The van der Waals surface area contributed by atoms with Crippen molar-refractivity contribution in [2.45, 2.75) is 25.2 Å². The molecular formula is C30H30N2O6S. The zero-order valence-corrected chi connectivity index (χ0v) is 22.6. The van der Waals surface area contributed by atoms with Crippen LogP contribution in [0.2, 0.25) is 0 Å². The number of hydrogen-bond donors (Lipinski definition) is 2. The summed E-state index contributed by atoms with van der Waals surface area (Å²) in [6.45, 7) is 4.21. The number of ketones is 1. The zero-order valence-electron chi connectivity index (χ0n) is 21.8. The van der Waals surface area contributed by atoms with E-state index in [1.807, 2.05) is 19.1 Å². The summed E-state index contributed by atoms with van der Waals surface area (Å²) < 4.78 is 10.5. The number of carbonyl (C=O) groups is 4. The summed E-state index contributed by atoms with van der Waals surface area (Å²) in [6, 6.07) is 22.8. The fourth-order valence-corrected chi connectivity index (χ4v) is 4.25. The molecule has 0 saturated heterocycles. The van der Waals surface area contributed by atoms with Gasteiger partial charge in [-0.3, -0.25) is 19.2 Å². The molecule has 0 bridgehead atoms. The maximum atomic E-state index is 13.4. The monoisotopic (exact) mass is 546 g/mol. The van der Waals surface area contributed by atoms with Crippen molar-refractivity contribution in [3.8, 4) is 5.75 Å². The molecule has 0 aliphatic rings. The minimum atomic E-state index is -0.549. The van der Waals surface area contributed by atoms with Crippen molar-refractivity contribution in [2.75, 3.05) is 24.3 Å². The third-order valence-corrected chi connectivity index (χ3v) is 6.24. The summed E-state index contributed by atoms with van der Waals surface area (Å²) in [6.07, 6.45) is 1.28. The van der Waals surface area contributed by atoms with Crippen molar-refractivity contribution in [3.05, 3.63) is 95.7 Å². The van der Waals surface area contributed by atoms with E-state index in [0.29, 0.717) is 29.2 Å². The first-order valence-corrected chi connectivity index (χ1v) is 13.4. The fourth-order valence-electron chi connectivity index (χ4n) is 3.43. The predicted octanol–water partition coefficient (Wildman–Crippen LogP) is 5.11. The average Bonchev–Trinajstić information content (AvgIpc) is 2.93. The van der Waals surface area contributed by atoms with Gasteiger partial charge in [-0.15, -0.1) is 11.8 Å². The van der Waals surface area contributed by atoms with E-state index in [1.54, 1.807) is 79.7 Å². The number of para-hydroxylation sites is 1. The second-order valence-corrected chi connectivity index (χ2v) is 9.19. The molecule has 202 valence electrons. The van der Waals surface area contributed by atoms with E-state index in [0.717, 1.165) is 4.90 Å². The fraction of sp³-hybridized carbons (Fsp3) is 0.200. The number of anilines is 1. The predicted molar refractivity (Wildman–Crippen MR) is 152 cm³/mol. The minimum absolute atomic E-state index is 0.0266. The Hall–Kier alpha value is -4.37. The lowest BCUT2D eigenvalue weighted by atomic mass is 10.1. The SMILES string of the molecule is CCOC(=O)CC(=O)CSc1cccc(NC(=O)/C(=C\c2ccccc2OCC)NC(=O)c2ccccc2)c1. The first kappa shape index (κ1) is 29.2. The molecule has 8 nitrogen and oxygen atoms in total. The molecule has 0 atom stereocenters. The highest BCUT2D eigenvalue weighted by molar-refractivity contribution is 8.00. The van der Waals surface area contributed by atoms with Crippen LogP contribution in [-0.4, -0.2) is 42.5 Å². The normalized spacial score (nSPS) is 10.9. The highest BCUT2D eigenvalue weighted by atomic mass is 32.2. The topological polar surface area (TPSA) is 111 Å². The maximum Gasteiger partial charge on any atom is 0.313 e. The standard InChI is InChI=1S/C30H30N2O6S/c1-3-37-27-16-9-8-13-22(27)17-26(32-29(35)21-11-6-5-7-12-21)30(36)31-23-14-10-15-25(18-23)39-20-24(33)19-28(34)38-4-2/h5-18H,3-4,19-20H2,1-2H3,(H,31,36)(H,32,35)/b26-17+. The molecule has 0 unspecified atom stereocenters. The molecule has 0 fully saturated rings. The van der Waals surface area contributed by atoms with Crippen LogP contribution in [0, 0.1) is 0 Å². The summed E-state index contributed by atoms with van der Waals surface area (Å²) in [7, 11) is 0. The molecule has 0 spiro atoms. The summed E-state index contributed by atoms with van der Waals surface area (Å²) in [5.74, 6) is -1.11. The lowest BCUT2D eigenvalue weighted by Gasteiger charge is -2.13. The van der Waals surface area contributed by atoms with Gasteiger partial charge in [0.05, 0.1) is 19.0 Å². The summed E-state index contributed by atoms with van der Waals surface area (Å²) >= 11 is 1.25. The summed E-state index contributed by atoms with van der Waals surface area (Å²) in [5.41, 5.74) is 1.53. The molecule has 0 aliphatic carbocycles. The third-order valence-electron chi connectivity index (χ3n) is 5.19. The maximum absolute atomic E-state index is 13.4. The van der Waals surface area contributed by atoms with Crippen molar-refractivity contribution in [3.63, 3.8) is 0 Å². The van der Waals surface area contributed by atoms with Crippen molar-refractivity contribution in [1.82, 2.24) is 5.32 Å². The van der Waals surface area contributed by atoms with Gasteiger partial charge >= 0.3 is 5.97 Å². The van der Waals surface area contributed by atoms with Crippen LogP contribution in [0.1, 0.15) is 36.2 Å². The molecule has 9 heteroatoms. The number of esters is 1. The molecule has 0 heterocycles. The number of ether oxygens (including phenoxy) is 2. The van der Waals surface area contributed by atoms with Gasteiger partial charge in [0.1, 0.15) is 17.9 Å². The highest BCUT2D eigenvalue weighted by Crippen LogP contribution is 2.24. The Kier molecular flexibility index (Phi) is 11.3. The number of Topliss-reactive ketones (excluding diaryl/α,β-unsaturated/α-hetero) is 1. The molecule has 0 aromatic heterocycles. The van der Waals surface area contributed by atoms with Gasteiger partial charge in [0, 0.05) is 21.7 Å². The van der Waals surface area contributed by atoms with Gasteiger partial charge < -0.3 is 20.1 Å². The Morgan fingerprint density at radius 1 is 0.872 bits per heavy atom. The Morgan fingerprint density at radius 3 is 2.36 bits per heavy atom. The molecule has 3 aromatic carbocycles. The van der Waals surface area contributed by atoms with Crippen molar-refractivity contribution >= 4 is 47.1 Å². The van der Waals surface area contributed by atoms with E-state index in [2.05, 4.69) is 10.6 Å². The number of carbonyl (C=O) groups excluding carboxylic acids is 4. The van der Waals surface area contributed by atoms with E-state index >= 15 is 0 Å². The number of thioether (sulfide) groups is 1. The number of nitrogens with one attached hydrogen (secondary N) is 2. The molecule has 39 heavy (non-hydrogen) atoms. The number of benzene rings is 3. The Balaban J connectivity index is 1.78. The van der Waals surface area contributed by atoms with Crippen LogP contribution in [0.4, 0.5) is 5.69 Å². The van der Waals surface area contributed by atoms with Crippen LogP contribution in [0.3, 0.4) is 0 Å². The average molecular weight is 547 g/mol. The van der Waals surface area contributed by atoms with Gasteiger partial charge in [0.25, 0.3) is 11.8 Å². The van der Waals surface area contributed by atoms with Gasteiger partial charge in [0.2, 0.25) is 0 Å². The number of amides is 2. The molecular weight excluding hydrogens is 516 g/mol. The summed E-state index contributed by atoms with van der Waals surface area (Å²) in [5, 5.41) is 5.53. The Morgan fingerprint density at radius 2 is 1.62 bits per heavy atom. The van der Waals surface area contributed by atoms with Gasteiger partial charge in [-0.1, -0.05) is 42.5 Å². The van der Waals surface area contributed by atoms with Crippen LogP contribution >= 0.6 is 11.8 Å². The summed E-state index contributed by atoms with van der Waals surface area (Å²) in [4.78, 5) is 50.6. The lowest BCUT2D eigenvalue weighted by Crippen LogP contribution is -2.30. The van der Waals surface area contributed by atoms with E-state index in [9.17, 15) is 19.2 Å². The smallest absolute Gasteiger partial charge is 0.313 e. The molecule has 0 saturated carbocycles. The Bertz CT molecular complexity index is 1340. The molecule has 0 radical (unpaired) electrons. The first-order valence-electron chi connectivity index (χ1n) is 12.4. The van der Waals surface area contributed by atoms with Gasteiger partial charge in [-0.25, -0.2) is 0 Å². The highest BCUT2D eigenvalue weighted by Gasteiger charge is 2.17. The van der Waals surface area contributed by atoms with E-state index in [1.165, 1.54) is 11.8 Å². The zero-order chi connectivity index (χ0) is 28.0. The van der Waals surface area contributed by atoms with Crippen LogP contribution in [-0.2, 0) is 19.1 Å². The van der Waals surface area contributed by atoms with Crippen molar-refractivity contribution in [1.29, 1.82) is 0 Å². The largest absolute Gasteiger partial charge is 0.493 e. The van der Waals surface area contributed by atoms with Crippen LogP contribution in [0.5, 0.6) is 5.75 Å². The first-order chi connectivity index (χ1) is 18.9. The molecule has 2 amide bonds. The van der Waals surface area contributed by atoms with Gasteiger partial charge in [0.15, 0.2) is 5.78 Å².